The third kappa shape index (κ3) is 5.85. The number of allylic oxidation sites excluding steroid dienone is 2. The molecule has 2 aromatic rings. The lowest BCUT2D eigenvalue weighted by molar-refractivity contribution is 0.0476. The number of carbonyl (C=O) groups is 2. The van der Waals surface area contributed by atoms with Gasteiger partial charge >= 0.3 is 6.09 Å². The van der Waals surface area contributed by atoms with Gasteiger partial charge in [0.05, 0.1) is 5.02 Å². The third-order valence-corrected chi connectivity index (χ3v) is 5.82. The minimum atomic E-state index is -1.03. The van der Waals surface area contributed by atoms with Gasteiger partial charge in [-0.2, -0.15) is 0 Å². The van der Waals surface area contributed by atoms with Gasteiger partial charge in [0.2, 0.25) is 6.23 Å². The number of rotatable bonds is 3. The molecule has 1 fully saturated rings. The molecule has 176 valence electrons. The fourth-order valence-electron chi connectivity index (χ4n) is 3.24. The van der Waals surface area contributed by atoms with E-state index in [2.05, 4.69) is 46.7 Å². The summed E-state index contributed by atoms with van der Waals surface area (Å²) in [6, 6.07) is 3.20. The van der Waals surface area contributed by atoms with E-state index in [0.717, 1.165) is 13.1 Å². The van der Waals surface area contributed by atoms with Crippen LogP contribution in [0.3, 0.4) is 0 Å². The predicted octanol–water partition coefficient (Wildman–Crippen LogP) is 3.93. The molecule has 2 aliphatic heterocycles. The van der Waals surface area contributed by atoms with Gasteiger partial charge in [0.1, 0.15) is 11.5 Å². The second-order valence-corrected chi connectivity index (χ2v) is 8.25. The number of nitrogens with zero attached hydrogens (tertiary/aromatic N) is 6. The Balaban J connectivity index is 0.000000454. The number of anilines is 1. The number of hydrogen-bond acceptors (Lipinski definition) is 7. The largest absolute Gasteiger partial charge is 0.419 e. The van der Waals surface area contributed by atoms with Crippen molar-refractivity contribution in [1.82, 2.24) is 24.8 Å². The van der Waals surface area contributed by atoms with Gasteiger partial charge in [-0.15, -0.1) is 0 Å². The Labute approximate surface area is 199 Å². The van der Waals surface area contributed by atoms with Crippen molar-refractivity contribution in [3.8, 4) is 0 Å². The monoisotopic (exact) mass is 472 g/mol. The number of carbonyl (C=O) groups excluding carboxylic acids is 2. The molecule has 0 saturated carbocycles. The van der Waals surface area contributed by atoms with E-state index < -0.39 is 18.2 Å². The molecule has 10 heteroatoms. The maximum Gasteiger partial charge on any atom is 0.412 e. The van der Waals surface area contributed by atoms with E-state index in [0.29, 0.717) is 29.6 Å². The van der Waals surface area contributed by atoms with Crippen molar-refractivity contribution >= 4 is 29.4 Å². The van der Waals surface area contributed by atoms with Crippen LogP contribution in [0.15, 0.2) is 42.4 Å². The van der Waals surface area contributed by atoms with Crippen LogP contribution in [0, 0.1) is 0 Å². The minimum absolute atomic E-state index is 0.144. The number of aromatic nitrogens is 3. The van der Waals surface area contributed by atoms with E-state index in [-0.39, 0.29) is 5.69 Å². The summed E-state index contributed by atoms with van der Waals surface area (Å²) in [4.78, 5) is 43.0. The topological polar surface area (TPSA) is 91.8 Å². The van der Waals surface area contributed by atoms with Crippen LogP contribution in [0.25, 0.3) is 0 Å². The molecule has 4 rings (SSSR count). The zero-order valence-corrected chi connectivity index (χ0v) is 20.1. The highest BCUT2D eigenvalue weighted by atomic mass is 35.5. The van der Waals surface area contributed by atoms with Crippen LogP contribution < -0.4 is 4.90 Å². The molecule has 1 atom stereocenters. The van der Waals surface area contributed by atoms with Crippen LogP contribution in [0.5, 0.6) is 0 Å². The Hall–Kier alpha value is -3.04. The lowest BCUT2D eigenvalue weighted by atomic mass is 10.2. The summed E-state index contributed by atoms with van der Waals surface area (Å²) >= 11 is 5.89. The second kappa shape index (κ2) is 11.2. The van der Waals surface area contributed by atoms with Gasteiger partial charge in [-0.1, -0.05) is 30.2 Å². The van der Waals surface area contributed by atoms with Crippen LogP contribution >= 0.6 is 11.6 Å². The number of halogens is 1. The maximum atomic E-state index is 12.8. The molecular weight excluding hydrogens is 444 g/mol. The Morgan fingerprint density at radius 3 is 2.45 bits per heavy atom. The van der Waals surface area contributed by atoms with E-state index in [1.54, 1.807) is 17.0 Å². The van der Waals surface area contributed by atoms with Crippen LogP contribution in [0.1, 0.15) is 49.6 Å². The van der Waals surface area contributed by atoms with Gasteiger partial charge in [-0.3, -0.25) is 9.78 Å². The van der Waals surface area contributed by atoms with Crippen LogP contribution in [0.4, 0.5) is 10.6 Å². The molecule has 0 bridgehead atoms. The van der Waals surface area contributed by atoms with Gasteiger partial charge in [-0.25, -0.2) is 19.7 Å². The van der Waals surface area contributed by atoms with E-state index in [9.17, 15) is 9.59 Å². The molecule has 2 aromatic heterocycles. The molecule has 0 radical (unpaired) electrons. The summed E-state index contributed by atoms with van der Waals surface area (Å²) in [7, 11) is 2.00. The van der Waals surface area contributed by atoms with E-state index in [4.69, 9.17) is 16.3 Å². The number of pyridine rings is 1. The SMILES string of the molecule is C/C=C(\C)CC.CN1CCN(C(=O)OC2c3nccnc3C(=O)N2c2ccc(Cl)cn2)CC1. The molecule has 0 aromatic carbocycles. The molecule has 1 saturated heterocycles. The van der Waals surface area contributed by atoms with Crippen LogP contribution in [0.2, 0.25) is 5.02 Å². The van der Waals surface area contributed by atoms with Crippen molar-refractivity contribution in [2.75, 3.05) is 38.1 Å². The van der Waals surface area contributed by atoms with E-state index in [1.165, 1.54) is 35.5 Å². The molecule has 1 unspecified atom stereocenters. The summed E-state index contributed by atoms with van der Waals surface area (Å²) < 4.78 is 5.68. The second-order valence-electron chi connectivity index (χ2n) is 7.81. The molecule has 0 N–H and O–H groups in total. The highest BCUT2D eigenvalue weighted by Gasteiger charge is 2.44. The first-order valence-electron chi connectivity index (χ1n) is 10.9. The van der Waals surface area contributed by atoms with Gasteiger partial charge in [0, 0.05) is 44.8 Å². The first-order chi connectivity index (χ1) is 15.8. The zero-order chi connectivity index (χ0) is 24.0. The molecular formula is C23H29ClN6O3. The quantitative estimate of drug-likeness (QED) is 0.625. The molecule has 4 heterocycles. The van der Waals surface area contributed by atoms with Crippen molar-refractivity contribution < 1.29 is 14.3 Å². The number of likely N-dealkylation sites (N-methyl/N-ethyl adjacent to an activating group) is 1. The number of piperazine rings is 1. The average molecular weight is 473 g/mol. The van der Waals surface area contributed by atoms with E-state index >= 15 is 0 Å². The summed E-state index contributed by atoms with van der Waals surface area (Å²) in [5.41, 5.74) is 1.90. The van der Waals surface area contributed by atoms with Crippen molar-refractivity contribution in [2.24, 2.45) is 0 Å². The average Bonchev–Trinajstić information content (AvgIpc) is 3.11. The number of hydrogen-bond donors (Lipinski definition) is 0. The fourth-order valence-corrected chi connectivity index (χ4v) is 3.36. The normalized spacial score (nSPS) is 18.5. The zero-order valence-electron chi connectivity index (χ0n) is 19.4. The summed E-state index contributed by atoms with van der Waals surface area (Å²) in [6.07, 6.45) is 6.11. The van der Waals surface area contributed by atoms with Gasteiger partial charge in [0.25, 0.3) is 5.91 Å². The third-order valence-electron chi connectivity index (χ3n) is 5.60. The van der Waals surface area contributed by atoms with Crippen LogP contribution in [-0.4, -0.2) is 70.0 Å². The molecule has 2 amide bonds. The Morgan fingerprint density at radius 2 is 1.88 bits per heavy atom. The number of fused-ring (bicyclic) bond motifs is 1. The smallest absolute Gasteiger partial charge is 0.412 e. The lowest BCUT2D eigenvalue weighted by Gasteiger charge is -2.33. The summed E-state index contributed by atoms with van der Waals surface area (Å²) in [6.45, 7) is 9.01. The Bertz CT molecular complexity index is 1010. The highest BCUT2D eigenvalue weighted by Crippen LogP contribution is 2.35. The van der Waals surface area contributed by atoms with Crippen molar-refractivity contribution in [3.05, 3.63) is 58.8 Å². The first kappa shape index (κ1) is 24.6. The minimum Gasteiger partial charge on any atom is -0.419 e. The maximum absolute atomic E-state index is 12.8. The van der Waals surface area contributed by atoms with Crippen molar-refractivity contribution in [2.45, 2.75) is 33.4 Å². The van der Waals surface area contributed by atoms with E-state index in [1.807, 2.05) is 7.05 Å². The molecule has 0 spiro atoms. The highest BCUT2D eigenvalue weighted by molar-refractivity contribution is 6.30. The molecule has 0 aliphatic carbocycles. The lowest BCUT2D eigenvalue weighted by Crippen LogP contribution is -2.48. The fraction of sp³-hybridized carbons (Fsp3) is 0.435. The molecule has 33 heavy (non-hydrogen) atoms. The summed E-state index contributed by atoms with van der Waals surface area (Å²) in [5, 5.41) is 0.435. The van der Waals surface area contributed by atoms with Gasteiger partial charge in [0.15, 0.2) is 5.69 Å². The van der Waals surface area contributed by atoms with Crippen molar-refractivity contribution in [1.29, 1.82) is 0 Å². The predicted molar refractivity (Wildman–Crippen MR) is 126 cm³/mol. The molecule has 2 aliphatic rings. The summed E-state index contributed by atoms with van der Waals surface area (Å²) in [5.74, 6) is -0.121. The Kier molecular flexibility index (Phi) is 8.35. The Morgan fingerprint density at radius 1 is 1.18 bits per heavy atom. The number of ether oxygens (including phenoxy) is 1. The van der Waals surface area contributed by atoms with Gasteiger partial charge in [-0.05, 0) is 39.4 Å². The first-order valence-corrected chi connectivity index (χ1v) is 11.2. The standard InChI is InChI=1S/C17H17ClN6O3.C6H12/c1-22-6-8-23(9-7-22)17(26)27-16-14-13(19-4-5-20-14)15(25)24(16)12-3-2-11(18)10-21-12;1-4-6(3)5-2/h2-5,10,16H,6-9H2,1H3;4H,5H2,1-3H3/b;6-4+. The van der Waals surface area contributed by atoms with Gasteiger partial charge < -0.3 is 14.5 Å². The van der Waals surface area contributed by atoms with Crippen LogP contribution in [-0.2, 0) is 4.74 Å². The molecule has 9 nitrogen and oxygen atoms in total. The van der Waals surface area contributed by atoms with Crippen molar-refractivity contribution in [3.63, 3.8) is 0 Å². The number of amides is 2.